The molecule has 0 amide bonds. The summed E-state index contributed by atoms with van der Waals surface area (Å²) < 4.78 is 4.24. The number of H-pyrrole nitrogens is 1. The highest BCUT2D eigenvalue weighted by molar-refractivity contribution is 5.61. The van der Waals surface area contributed by atoms with Crippen molar-refractivity contribution in [2.75, 3.05) is 0 Å². The lowest BCUT2D eigenvalue weighted by Crippen LogP contribution is -2.10. The molecule has 168 valence electrons. The van der Waals surface area contributed by atoms with Gasteiger partial charge in [-0.25, -0.2) is 9.67 Å². The van der Waals surface area contributed by atoms with Gasteiger partial charge in [0.15, 0.2) is 5.82 Å². The Morgan fingerprint density at radius 1 is 0.969 bits per heavy atom. The van der Waals surface area contributed by atoms with Gasteiger partial charge in [0.05, 0.1) is 12.2 Å². The van der Waals surface area contributed by atoms with Gasteiger partial charge in [-0.15, -0.1) is 10.2 Å². The molecule has 4 aromatic rings. The fourth-order valence-electron chi connectivity index (χ4n) is 4.11. The van der Waals surface area contributed by atoms with Crippen LogP contribution in [0.2, 0.25) is 0 Å². The summed E-state index contributed by atoms with van der Waals surface area (Å²) in [5, 5.41) is 19.5. The average Bonchev–Trinajstić information content (AvgIpc) is 3.42. The SMILES string of the molecule is Cc1cc(C)n(-c2ccc(Cn3nc(CC(C)C)nc3CC(C)C)cc2)c1-c1nn[nH]n1. The fourth-order valence-corrected chi connectivity index (χ4v) is 4.11. The summed E-state index contributed by atoms with van der Waals surface area (Å²) in [5.74, 6) is 3.68. The first kappa shape index (κ1) is 21.9. The molecule has 0 unspecified atom stereocenters. The smallest absolute Gasteiger partial charge is 0.221 e. The largest absolute Gasteiger partial charge is 0.311 e. The number of hydrogen-bond acceptors (Lipinski definition) is 5. The van der Waals surface area contributed by atoms with E-state index in [0.29, 0.717) is 17.7 Å². The molecule has 0 atom stereocenters. The number of rotatable bonds is 8. The molecule has 0 aliphatic carbocycles. The molecule has 0 fully saturated rings. The van der Waals surface area contributed by atoms with E-state index in [9.17, 15) is 0 Å². The van der Waals surface area contributed by atoms with E-state index in [0.717, 1.165) is 53.7 Å². The van der Waals surface area contributed by atoms with E-state index in [1.165, 1.54) is 5.56 Å². The summed E-state index contributed by atoms with van der Waals surface area (Å²) in [6, 6.07) is 10.7. The van der Waals surface area contributed by atoms with Crippen molar-refractivity contribution in [1.82, 2.24) is 40.0 Å². The Hall–Kier alpha value is -3.29. The zero-order valence-corrected chi connectivity index (χ0v) is 19.8. The van der Waals surface area contributed by atoms with Crippen LogP contribution in [-0.2, 0) is 19.4 Å². The number of aromatic amines is 1. The van der Waals surface area contributed by atoms with Crippen LogP contribution in [-0.4, -0.2) is 40.0 Å². The molecular formula is C24H32N8. The number of tetrazole rings is 1. The quantitative estimate of drug-likeness (QED) is 0.448. The van der Waals surface area contributed by atoms with Crippen molar-refractivity contribution in [3.63, 3.8) is 0 Å². The highest BCUT2D eigenvalue weighted by Gasteiger charge is 2.17. The van der Waals surface area contributed by atoms with Gasteiger partial charge in [-0.3, -0.25) is 0 Å². The Kier molecular flexibility index (Phi) is 6.21. The zero-order chi connectivity index (χ0) is 22.8. The highest BCUT2D eigenvalue weighted by Crippen LogP contribution is 2.27. The molecule has 1 aromatic carbocycles. The number of nitrogens with one attached hydrogen (secondary N) is 1. The second-order valence-electron chi connectivity index (χ2n) is 9.35. The molecule has 0 saturated heterocycles. The number of benzene rings is 1. The maximum Gasteiger partial charge on any atom is 0.221 e. The summed E-state index contributed by atoms with van der Waals surface area (Å²) in [6.45, 7) is 13.7. The number of aromatic nitrogens is 8. The molecular weight excluding hydrogens is 400 g/mol. The van der Waals surface area contributed by atoms with Crippen LogP contribution in [0.25, 0.3) is 17.2 Å². The third kappa shape index (κ3) is 4.64. The van der Waals surface area contributed by atoms with E-state index in [1.807, 2.05) is 0 Å². The van der Waals surface area contributed by atoms with Gasteiger partial charge in [0.25, 0.3) is 0 Å². The molecule has 4 rings (SSSR count). The minimum absolute atomic E-state index is 0.538. The van der Waals surface area contributed by atoms with Crippen LogP contribution >= 0.6 is 0 Å². The van der Waals surface area contributed by atoms with Gasteiger partial charge in [-0.1, -0.05) is 39.8 Å². The van der Waals surface area contributed by atoms with Crippen molar-refractivity contribution in [1.29, 1.82) is 0 Å². The van der Waals surface area contributed by atoms with Crippen molar-refractivity contribution < 1.29 is 0 Å². The Morgan fingerprint density at radius 2 is 1.69 bits per heavy atom. The fraction of sp³-hybridized carbons (Fsp3) is 0.458. The van der Waals surface area contributed by atoms with E-state index in [4.69, 9.17) is 10.1 Å². The third-order valence-corrected chi connectivity index (χ3v) is 5.43. The van der Waals surface area contributed by atoms with Crippen LogP contribution in [0.3, 0.4) is 0 Å². The lowest BCUT2D eigenvalue weighted by molar-refractivity contribution is 0.560. The van der Waals surface area contributed by atoms with E-state index in [2.05, 4.69) is 102 Å². The Morgan fingerprint density at radius 3 is 2.31 bits per heavy atom. The molecule has 3 aromatic heterocycles. The summed E-state index contributed by atoms with van der Waals surface area (Å²) in [5.41, 5.74) is 5.47. The predicted octanol–water partition coefficient (Wildman–Crippen LogP) is 4.31. The number of aryl methyl sites for hydroxylation is 2. The highest BCUT2D eigenvalue weighted by atomic mass is 15.5. The third-order valence-electron chi connectivity index (χ3n) is 5.43. The summed E-state index contributed by atoms with van der Waals surface area (Å²) in [7, 11) is 0. The number of nitrogens with zero attached hydrogens (tertiary/aromatic N) is 7. The van der Waals surface area contributed by atoms with Gasteiger partial charge in [-0.2, -0.15) is 10.3 Å². The Balaban J connectivity index is 1.62. The summed E-state index contributed by atoms with van der Waals surface area (Å²) in [6.07, 6.45) is 1.83. The molecule has 32 heavy (non-hydrogen) atoms. The predicted molar refractivity (Wildman–Crippen MR) is 125 cm³/mol. The van der Waals surface area contributed by atoms with Gasteiger partial charge < -0.3 is 4.57 Å². The summed E-state index contributed by atoms with van der Waals surface area (Å²) in [4.78, 5) is 4.83. The van der Waals surface area contributed by atoms with Gasteiger partial charge in [0.1, 0.15) is 5.82 Å². The monoisotopic (exact) mass is 432 g/mol. The molecule has 0 saturated carbocycles. The van der Waals surface area contributed by atoms with Crippen LogP contribution in [0.4, 0.5) is 0 Å². The van der Waals surface area contributed by atoms with Crippen LogP contribution in [0.1, 0.15) is 56.2 Å². The van der Waals surface area contributed by atoms with Crippen molar-refractivity contribution in [2.24, 2.45) is 11.8 Å². The van der Waals surface area contributed by atoms with Crippen molar-refractivity contribution in [2.45, 2.75) is 60.9 Å². The molecule has 0 aliphatic heterocycles. The van der Waals surface area contributed by atoms with Gasteiger partial charge in [0, 0.05) is 24.2 Å². The maximum atomic E-state index is 4.83. The van der Waals surface area contributed by atoms with E-state index < -0.39 is 0 Å². The molecule has 0 radical (unpaired) electrons. The molecule has 0 aliphatic rings. The molecule has 0 spiro atoms. The van der Waals surface area contributed by atoms with Gasteiger partial charge in [-0.05, 0) is 60.2 Å². The number of hydrogen-bond donors (Lipinski definition) is 1. The zero-order valence-electron chi connectivity index (χ0n) is 19.8. The second-order valence-corrected chi connectivity index (χ2v) is 9.35. The van der Waals surface area contributed by atoms with Crippen LogP contribution in [0.5, 0.6) is 0 Å². The first-order chi connectivity index (χ1) is 15.3. The van der Waals surface area contributed by atoms with Crippen LogP contribution < -0.4 is 0 Å². The molecule has 8 heteroatoms. The Bertz CT molecular complexity index is 1160. The maximum absolute atomic E-state index is 4.83. The van der Waals surface area contributed by atoms with Crippen LogP contribution in [0.15, 0.2) is 30.3 Å². The molecule has 1 N–H and O–H groups in total. The van der Waals surface area contributed by atoms with Gasteiger partial charge >= 0.3 is 0 Å². The lowest BCUT2D eigenvalue weighted by atomic mass is 10.1. The summed E-state index contributed by atoms with van der Waals surface area (Å²) >= 11 is 0. The molecule has 0 bridgehead atoms. The minimum atomic E-state index is 0.538. The normalized spacial score (nSPS) is 11.8. The van der Waals surface area contributed by atoms with E-state index in [1.54, 1.807) is 0 Å². The van der Waals surface area contributed by atoms with Crippen molar-refractivity contribution in [3.05, 3.63) is 58.8 Å². The standard InChI is InChI=1S/C24H32N8/c1-15(2)11-21-25-22(12-16(3)4)31(28-21)14-19-7-9-20(10-8-19)32-18(6)13-17(5)23(32)24-26-29-30-27-24/h7-10,13,15-16H,11-12,14H2,1-6H3,(H,26,27,29,30). The van der Waals surface area contributed by atoms with E-state index >= 15 is 0 Å². The van der Waals surface area contributed by atoms with Crippen LogP contribution in [0, 0.1) is 25.7 Å². The Labute approximate surface area is 189 Å². The average molecular weight is 433 g/mol. The van der Waals surface area contributed by atoms with E-state index in [-0.39, 0.29) is 0 Å². The van der Waals surface area contributed by atoms with Crippen molar-refractivity contribution >= 4 is 0 Å². The van der Waals surface area contributed by atoms with Crippen molar-refractivity contribution in [3.8, 4) is 17.2 Å². The first-order valence-corrected chi connectivity index (χ1v) is 11.3. The lowest BCUT2D eigenvalue weighted by Gasteiger charge is -2.12. The topological polar surface area (TPSA) is 90.1 Å². The molecule has 8 nitrogen and oxygen atoms in total. The molecule has 3 heterocycles. The minimum Gasteiger partial charge on any atom is -0.311 e. The second kappa shape index (κ2) is 9.06. The first-order valence-electron chi connectivity index (χ1n) is 11.3. The van der Waals surface area contributed by atoms with Gasteiger partial charge in [0.2, 0.25) is 5.82 Å².